The lowest BCUT2D eigenvalue weighted by atomic mass is 9.56. The summed E-state index contributed by atoms with van der Waals surface area (Å²) >= 11 is 6.09. The van der Waals surface area contributed by atoms with Gasteiger partial charge in [-0.3, -0.25) is 14.4 Å². The molecule has 56 heavy (non-hydrogen) atoms. The summed E-state index contributed by atoms with van der Waals surface area (Å²) in [5.74, 6) is -3.18. The van der Waals surface area contributed by atoms with Crippen molar-refractivity contribution in [2.45, 2.75) is 44.8 Å². The summed E-state index contributed by atoms with van der Waals surface area (Å²) in [6.45, 7) is 1.37. The second-order valence-electron chi connectivity index (χ2n) is 14.2. The van der Waals surface area contributed by atoms with E-state index in [2.05, 4.69) is 4.98 Å². The maximum absolute atomic E-state index is 14.7. The summed E-state index contributed by atoms with van der Waals surface area (Å²) in [7, 11) is 5.96. The monoisotopic (exact) mass is 786 g/mol. The maximum atomic E-state index is 14.7. The molecule has 8 rings (SSSR count). The van der Waals surface area contributed by atoms with E-state index in [1.807, 2.05) is 0 Å². The van der Waals surface area contributed by atoms with Gasteiger partial charge < -0.3 is 23.9 Å². The van der Waals surface area contributed by atoms with Crippen LogP contribution in [0.4, 0.5) is 10.1 Å². The Balaban J connectivity index is 1.23. The Morgan fingerprint density at radius 1 is 0.964 bits per heavy atom. The van der Waals surface area contributed by atoms with E-state index in [-0.39, 0.29) is 59.4 Å². The number of fused-ring (bicyclic) bond motifs is 5. The Morgan fingerprint density at radius 3 is 2.38 bits per heavy atom. The van der Waals surface area contributed by atoms with Crippen LogP contribution >= 0.6 is 11.6 Å². The van der Waals surface area contributed by atoms with Crippen molar-refractivity contribution >= 4 is 40.1 Å². The van der Waals surface area contributed by atoms with Crippen LogP contribution in [0.5, 0.6) is 23.0 Å². The molecule has 1 saturated carbocycles. The predicted octanol–water partition coefficient (Wildman–Crippen LogP) is 3.69. The number of nitrogens with zero attached hydrogens (tertiary/aromatic N) is 6. The molecule has 0 unspecified atom stereocenters. The summed E-state index contributed by atoms with van der Waals surface area (Å²) in [5, 5.41) is 11.1. The number of allylic oxidation sites excluding steroid dienone is 2. The minimum Gasteiger partial charge on any atom is -0.508 e. The first-order valence-electron chi connectivity index (χ1n) is 17.7. The Bertz CT molecular complexity index is 2730. The van der Waals surface area contributed by atoms with Gasteiger partial charge in [0.2, 0.25) is 11.8 Å². The molecular formula is C39H36ClFN6O9. The lowest BCUT2D eigenvalue weighted by molar-refractivity contribution is -0.129. The zero-order valence-electron chi connectivity index (χ0n) is 30.9. The molecule has 17 heteroatoms. The van der Waals surface area contributed by atoms with Crippen molar-refractivity contribution in [1.29, 1.82) is 0 Å². The number of rotatable bonds is 8. The zero-order chi connectivity index (χ0) is 40.0. The highest BCUT2D eigenvalue weighted by Gasteiger charge is 2.66. The second kappa shape index (κ2) is 13.3. The van der Waals surface area contributed by atoms with Crippen molar-refractivity contribution in [3.05, 3.63) is 114 Å². The van der Waals surface area contributed by atoms with Gasteiger partial charge in [0.25, 0.3) is 5.56 Å². The molecule has 3 aromatic carbocycles. The Kier molecular flexibility index (Phi) is 8.71. The number of aryl methyl sites for hydroxylation is 2. The number of aromatic hydroxyl groups is 1. The SMILES string of the molecule is COc1cc2nc(CCn3c(=O)n4n(c3=O)[C@@H]3C[C@H]5C(=O)N(c6ccc(F)c(Cl)c6)C(=O)[C@@]5(C)[C@@H](c5c(O)cccc5OC)C3=CC4)c(=O)n(C)c2cc1OC. The number of aromatic nitrogens is 5. The van der Waals surface area contributed by atoms with Crippen LogP contribution in [0.2, 0.25) is 5.02 Å². The molecule has 2 aliphatic heterocycles. The van der Waals surface area contributed by atoms with Crippen molar-refractivity contribution in [2.75, 3.05) is 26.2 Å². The van der Waals surface area contributed by atoms with Crippen LogP contribution in [0, 0.1) is 17.2 Å². The zero-order valence-corrected chi connectivity index (χ0v) is 31.7. The predicted molar refractivity (Wildman–Crippen MR) is 201 cm³/mol. The van der Waals surface area contributed by atoms with Crippen molar-refractivity contribution in [2.24, 2.45) is 18.4 Å². The highest BCUT2D eigenvalue weighted by Crippen LogP contribution is 2.63. The summed E-state index contributed by atoms with van der Waals surface area (Å²) in [5.41, 5.74) is -1.42. The highest BCUT2D eigenvalue weighted by molar-refractivity contribution is 6.31. The van der Waals surface area contributed by atoms with Gasteiger partial charge in [0.05, 0.1) is 67.0 Å². The van der Waals surface area contributed by atoms with Gasteiger partial charge in [-0.1, -0.05) is 23.7 Å². The van der Waals surface area contributed by atoms with Crippen LogP contribution in [-0.2, 0) is 36.1 Å². The minimum absolute atomic E-state index is 0.0632. The van der Waals surface area contributed by atoms with Crippen molar-refractivity contribution in [3.63, 3.8) is 0 Å². The summed E-state index contributed by atoms with van der Waals surface area (Å²) in [6, 6.07) is 10.5. The second-order valence-corrected chi connectivity index (χ2v) is 14.6. The number of amides is 2. The van der Waals surface area contributed by atoms with Gasteiger partial charge >= 0.3 is 11.4 Å². The topological polar surface area (TPSA) is 169 Å². The normalized spacial score (nSPS) is 21.4. The van der Waals surface area contributed by atoms with E-state index in [0.29, 0.717) is 28.1 Å². The van der Waals surface area contributed by atoms with Crippen LogP contribution in [0.15, 0.2) is 74.6 Å². The van der Waals surface area contributed by atoms with Gasteiger partial charge in [-0.15, -0.1) is 0 Å². The smallest absolute Gasteiger partial charge is 0.347 e. The number of carbonyl (C=O) groups is 2. The third-order valence-corrected chi connectivity index (χ3v) is 11.8. The lowest BCUT2D eigenvalue weighted by Gasteiger charge is -2.47. The number of hydrogen-bond acceptors (Lipinski definition) is 10. The molecule has 4 atom stereocenters. The highest BCUT2D eigenvalue weighted by atomic mass is 35.5. The van der Waals surface area contributed by atoms with E-state index in [0.717, 1.165) is 15.5 Å². The number of anilines is 1. The largest absolute Gasteiger partial charge is 0.508 e. The fourth-order valence-corrected chi connectivity index (χ4v) is 8.96. The van der Waals surface area contributed by atoms with E-state index in [1.54, 1.807) is 44.3 Å². The van der Waals surface area contributed by atoms with Crippen LogP contribution in [-0.4, -0.2) is 61.7 Å². The lowest BCUT2D eigenvalue weighted by Crippen LogP contribution is -2.49. The Morgan fingerprint density at radius 2 is 1.68 bits per heavy atom. The van der Waals surface area contributed by atoms with Crippen LogP contribution in [0.25, 0.3) is 11.0 Å². The van der Waals surface area contributed by atoms with E-state index in [9.17, 15) is 33.5 Å². The van der Waals surface area contributed by atoms with E-state index >= 15 is 0 Å². The van der Waals surface area contributed by atoms with Crippen LogP contribution in [0.1, 0.15) is 36.6 Å². The fraction of sp³-hybridized carbons (Fsp3) is 0.333. The Labute approximate surface area is 322 Å². The molecule has 0 bridgehead atoms. The number of halogens is 2. The molecule has 3 aliphatic rings. The van der Waals surface area contributed by atoms with Gasteiger partial charge in [0, 0.05) is 43.6 Å². The van der Waals surface area contributed by atoms with Crippen LogP contribution in [0.3, 0.4) is 0 Å². The third kappa shape index (κ3) is 5.14. The first-order valence-corrected chi connectivity index (χ1v) is 18.1. The molecular weight excluding hydrogens is 751 g/mol. The average molecular weight is 787 g/mol. The number of carbonyl (C=O) groups excluding carboxylic acids is 2. The molecule has 1 N–H and O–H groups in total. The molecule has 2 amide bonds. The van der Waals surface area contributed by atoms with Crippen LogP contribution < -0.4 is 36.0 Å². The van der Waals surface area contributed by atoms with E-state index in [1.165, 1.54) is 53.5 Å². The molecule has 5 aromatic rings. The summed E-state index contributed by atoms with van der Waals surface area (Å²) in [6.07, 6.45) is 1.61. The molecule has 1 saturated heterocycles. The number of hydrogen-bond donors (Lipinski definition) is 1. The molecule has 0 spiro atoms. The number of benzene rings is 3. The molecule has 0 radical (unpaired) electrons. The van der Waals surface area contributed by atoms with Gasteiger partial charge in [-0.05, 0) is 49.2 Å². The van der Waals surface area contributed by atoms with E-state index in [4.69, 9.17) is 25.8 Å². The number of phenolic OH excluding ortho intramolecular Hbond substituents is 1. The van der Waals surface area contributed by atoms with Gasteiger partial charge in [-0.25, -0.2) is 37.8 Å². The first-order chi connectivity index (χ1) is 26.8. The molecule has 1 aliphatic carbocycles. The van der Waals surface area contributed by atoms with Crippen molar-refractivity contribution in [1.82, 2.24) is 23.5 Å². The number of ether oxygens (including phenoxy) is 3. The third-order valence-electron chi connectivity index (χ3n) is 11.6. The van der Waals surface area contributed by atoms with Gasteiger partial charge in [0.15, 0.2) is 11.5 Å². The fourth-order valence-electron chi connectivity index (χ4n) is 8.78. The summed E-state index contributed by atoms with van der Waals surface area (Å²) in [4.78, 5) is 76.4. The summed E-state index contributed by atoms with van der Waals surface area (Å²) < 4.78 is 35.7. The number of methoxy groups -OCH3 is 3. The number of imide groups is 1. The molecule has 290 valence electrons. The maximum Gasteiger partial charge on any atom is 0.347 e. The Hall–Kier alpha value is -6.16. The van der Waals surface area contributed by atoms with Crippen molar-refractivity contribution < 1.29 is 33.3 Å². The number of phenols is 1. The first kappa shape index (κ1) is 36.8. The minimum atomic E-state index is -1.53. The van der Waals surface area contributed by atoms with Gasteiger partial charge in [-0.2, -0.15) is 0 Å². The van der Waals surface area contributed by atoms with Gasteiger partial charge in [0.1, 0.15) is 23.0 Å². The molecule has 2 fully saturated rings. The standard InChI is InChI=1S/C39H36ClFN6O9/c1-39-21(34(49)46(36(39)51)19-9-10-23(41)22(40)15-19)16-26-20(33(39)32-28(48)7-6-8-29(32)54-3)11-14-45-37(52)44(38(53)47(26)45)13-12-24-35(50)43(2)27-18-31(56-5)30(55-4)17-25(27)42-24/h6-11,15,17-18,21,26,33,48H,12-14,16H2,1-5H3/t21-,26+,33+,39+/m0/s1. The average Bonchev–Trinajstić information content (AvgIpc) is 3.55. The molecule has 4 heterocycles. The molecule has 15 nitrogen and oxygen atoms in total. The van der Waals surface area contributed by atoms with Crippen molar-refractivity contribution in [3.8, 4) is 23.0 Å². The quantitative estimate of drug-likeness (QED) is 0.181. The van der Waals surface area contributed by atoms with E-state index < -0.39 is 57.9 Å². The molecule has 2 aromatic heterocycles.